The van der Waals surface area contributed by atoms with E-state index in [4.69, 9.17) is 14.6 Å². The van der Waals surface area contributed by atoms with Crippen molar-refractivity contribution in [2.45, 2.75) is 19.8 Å². The molecule has 2 heterocycles. The van der Waals surface area contributed by atoms with E-state index in [1.807, 2.05) is 19.1 Å². The maximum Gasteiger partial charge on any atom is 0.195 e. The molecule has 0 spiro atoms. The lowest BCUT2D eigenvalue weighted by Crippen LogP contribution is -2.00. The predicted octanol–water partition coefficient (Wildman–Crippen LogP) is 2.13. The molecule has 2 aromatic rings. The lowest BCUT2D eigenvalue weighted by atomic mass is 10.3. The Kier molecular flexibility index (Phi) is 2.87. The van der Waals surface area contributed by atoms with E-state index in [-0.39, 0.29) is 0 Å². The van der Waals surface area contributed by atoms with Crippen LogP contribution >= 0.6 is 0 Å². The van der Waals surface area contributed by atoms with Gasteiger partial charge in [0.1, 0.15) is 5.76 Å². The van der Waals surface area contributed by atoms with Gasteiger partial charge in [-0.3, -0.25) is 0 Å². The Labute approximate surface area is 88.1 Å². The van der Waals surface area contributed by atoms with Gasteiger partial charge in [0, 0.05) is 6.42 Å². The summed E-state index contributed by atoms with van der Waals surface area (Å²) in [6.45, 7) is 2.55. The number of nitrogens with zero attached hydrogens (tertiary/aromatic N) is 1. The van der Waals surface area contributed by atoms with Crippen molar-refractivity contribution >= 4 is 0 Å². The normalized spacial score (nSPS) is 10.8. The molecule has 0 aliphatic rings. The SMILES string of the molecule is Cc1ccc(-c2cnc(CCCN)o2)o1. The fraction of sp³-hybridized carbons (Fsp3) is 0.364. The van der Waals surface area contributed by atoms with E-state index in [1.165, 1.54) is 0 Å². The Balaban J connectivity index is 2.13. The van der Waals surface area contributed by atoms with E-state index in [0.717, 1.165) is 24.4 Å². The molecule has 0 unspecified atom stereocenters. The quantitative estimate of drug-likeness (QED) is 0.832. The molecule has 0 radical (unpaired) electrons. The van der Waals surface area contributed by atoms with E-state index >= 15 is 0 Å². The van der Waals surface area contributed by atoms with Crippen LogP contribution in [-0.2, 0) is 6.42 Å². The van der Waals surface area contributed by atoms with Crippen LogP contribution in [-0.4, -0.2) is 11.5 Å². The second kappa shape index (κ2) is 4.31. The minimum Gasteiger partial charge on any atom is -0.458 e. The summed E-state index contributed by atoms with van der Waals surface area (Å²) >= 11 is 0. The van der Waals surface area contributed by atoms with Crippen molar-refractivity contribution in [2.24, 2.45) is 5.73 Å². The minimum absolute atomic E-state index is 0.650. The largest absolute Gasteiger partial charge is 0.458 e. The molecule has 0 amide bonds. The van der Waals surface area contributed by atoms with Crippen LogP contribution in [0.4, 0.5) is 0 Å². The highest BCUT2D eigenvalue weighted by Crippen LogP contribution is 2.22. The van der Waals surface area contributed by atoms with Crippen LogP contribution < -0.4 is 5.73 Å². The summed E-state index contributed by atoms with van der Waals surface area (Å²) in [5.74, 6) is 2.98. The van der Waals surface area contributed by atoms with Gasteiger partial charge in [0.25, 0.3) is 0 Å². The number of furan rings is 1. The van der Waals surface area contributed by atoms with Crippen molar-refractivity contribution in [3.63, 3.8) is 0 Å². The molecular formula is C11H14N2O2. The van der Waals surface area contributed by atoms with Crippen LogP contribution in [0.1, 0.15) is 18.1 Å². The molecule has 0 aliphatic heterocycles. The number of hydrogen-bond donors (Lipinski definition) is 1. The zero-order valence-corrected chi connectivity index (χ0v) is 8.69. The van der Waals surface area contributed by atoms with Crippen LogP contribution in [0.25, 0.3) is 11.5 Å². The molecule has 0 aromatic carbocycles. The second-order valence-corrected chi connectivity index (χ2v) is 3.42. The fourth-order valence-corrected chi connectivity index (χ4v) is 1.36. The van der Waals surface area contributed by atoms with Crippen molar-refractivity contribution in [2.75, 3.05) is 6.54 Å². The summed E-state index contributed by atoms with van der Waals surface area (Å²) in [7, 11) is 0. The predicted molar refractivity (Wildman–Crippen MR) is 56.3 cm³/mol. The lowest BCUT2D eigenvalue weighted by Gasteiger charge is -1.91. The molecule has 0 atom stereocenters. The zero-order chi connectivity index (χ0) is 10.7. The molecule has 0 saturated heterocycles. The number of aryl methyl sites for hydroxylation is 2. The van der Waals surface area contributed by atoms with Gasteiger partial charge in [0.15, 0.2) is 17.4 Å². The molecule has 2 rings (SSSR count). The number of hydrogen-bond acceptors (Lipinski definition) is 4. The van der Waals surface area contributed by atoms with E-state index in [2.05, 4.69) is 4.98 Å². The van der Waals surface area contributed by atoms with Gasteiger partial charge in [-0.1, -0.05) is 0 Å². The summed E-state index contributed by atoms with van der Waals surface area (Å²) in [4.78, 5) is 4.16. The molecule has 4 heteroatoms. The maximum absolute atomic E-state index is 5.52. The molecule has 2 N–H and O–H groups in total. The van der Waals surface area contributed by atoms with Gasteiger partial charge < -0.3 is 14.6 Å². The smallest absolute Gasteiger partial charge is 0.195 e. The molecule has 15 heavy (non-hydrogen) atoms. The Morgan fingerprint density at radius 3 is 2.80 bits per heavy atom. The Morgan fingerprint density at radius 1 is 1.27 bits per heavy atom. The van der Waals surface area contributed by atoms with E-state index in [9.17, 15) is 0 Å². The average molecular weight is 206 g/mol. The van der Waals surface area contributed by atoms with Gasteiger partial charge in [0.05, 0.1) is 6.20 Å². The van der Waals surface area contributed by atoms with Crippen LogP contribution in [0.3, 0.4) is 0 Å². The number of nitrogens with two attached hydrogens (primary N) is 1. The highest BCUT2D eigenvalue weighted by Gasteiger charge is 2.08. The van der Waals surface area contributed by atoms with Gasteiger partial charge in [-0.25, -0.2) is 4.98 Å². The summed E-state index contributed by atoms with van der Waals surface area (Å²) in [5.41, 5.74) is 5.41. The maximum atomic E-state index is 5.52. The molecule has 4 nitrogen and oxygen atoms in total. The van der Waals surface area contributed by atoms with E-state index in [0.29, 0.717) is 18.2 Å². The summed E-state index contributed by atoms with van der Waals surface area (Å²) in [6.07, 6.45) is 3.34. The Morgan fingerprint density at radius 2 is 2.13 bits per heavy atom. The Bertz CT molecular complexity index is 431. The second-order valence-electron chi connectivity index (χ2n) is 3.42. The number of oxazole rings is 1. The fourth-order valence-electron chi connectivity index (χ4n) is 1.36. The third-order valence-corrected chi connectivity index (χ3v) is 2.13. The molecule has 0 aliphatic carbocycles. The van der Waals surface area contributed by atoms with Gasteiger partial charge in [-0.05, 0) is 32.0 Å². The average Bonchev–Trinajstić information content (AvgIpc) is 2.83. The third-order valence-electron chi connectivity index (χ3n) is 2.13. The highest BCUT2D eigenvalue weighted by atomic mass is 16.4. The standard InChI is InChI=1S/C11H14N2O2/c1-8-4-5-9(14-8)10-7-13-11(15-10)3-2-6-12/h4-5,7H,2-3,6,12H2,1H3. The topological polar surface area (TPSA) is 65.2 Å². The van der Waals surface area contributed by atoms with Crippen LogP contribution in [0, 0.1) is 6.92 Å². The molecule has 0 saturated carbocycles. The molecule has 2 aromatic heterocycles. The van der Waals surface area contributed by atoms with Crippen molar-refractivity contribution in [3.8, 4) is 11.5 Å². The van der Waals surface area contributed by atoms with Crippen molar-refractivity contribution < 1.29 is 8.83 Å². The van der Waals surface area contributed by atoms with Gasteiger partial charge in [-0.2, -0.15) is 0 Å². The van der Waals surface area contributed by atoms with E-state index in [1.54, 1.807) is 6.20 Å². The number of aromatic nitrogens is 1. The van der Waals surface area contributed by atoms with Crippen molar-refractivity contribution in [1.29, 1.82) is 0 Å². The van der Waals surface area contributed by atoms with Crippen LogP contribution in [0.5, 0.6) is 0 Å². The lowest BCUT2D eigenvalue weighted by molar-refractivity contribution is 0.471. The first kappa shape index (κ1) is 9.98. The first-order chi connectivity index (χ1) is 7.29. The van der Waals surface area contributed by atoms with Crippen molar-refractivity contribution in [3.05, 3.63) is 30.0 Å². The summed E-state index contributed by atoms with van der Waals surface area (Å²) in [5, 5.41) is 0. The van der Waals surface area contributed by atoms with Gasteiger partial charge in [0.2, 0.25) is 0 Å². The van der Waals surface area contributed by atoms with Gasteiger partial charge >= 0.3 is 0 Å². The summed E-state index contributed by atoms with van der Waals surface area (Å²) in [6, 6.07) is 3.78. The highest BCUT2D eigenvalue weighted by molar-refractivity contribution is 5.48. The van der Waals surface area contributed by atoms with Gasteiger partial charge in [-0.15, -0.1) is 0 Å². The van der Waals surface area contributed by atoms with Crippen molar-refractivity contribution in [1.82, 2.24) is 4.98 Å². The molecule has 0 fully saturated rings. The molecule has 80 valence electrons. The monoisotopic (exact) mass is 206 g/mol. The van der Waals surface area contributed by atoms with Crippen LogP contribution in [0.15, 0.2) is 27.2 Å². The first-order valence-electron chi connectivity index (χ1n) is 5.01. The number of rotatable bonds is 4. The first-order valence-corrected chi connectivity index (χ1v) is 5.01. The molecule has 0 bridgehead atoms. The third kappa shape index (κ3) is 2.27. The zero-order valence-electron chi connectivity index (χ0n) is 8.69. The Hall–Kier alpha value is -1.55. The molecular weight excluding hydrogens is 192 g/mol. The van der Waals surface area contributed by atoms with E-state index < -0.39 is 0 Å². The van der Waals surface area contributed by atoms with Crippen LogP contribution in [0.2, 0.25) is 0 Å². The summed E-state index contributed by atoms with van der Waals surface area (Å²) < 4.78 is 11.0. The minimum atomic E-state index is 0.650.